The summed E-state index contributed by atoms with van der Waals surface area (Å²) in [7, 11) is 0. The van der Waals surface area contributed by atoms with Crippen molar-refractivity contribution in [1.82, 2.24) is 0 Å². The van der Waals surface area contributed by atoms with Crippen LogP contribution in [0.3, 0.4) is 0 Å². The van der Waals surface area contributed by atoms with E-state index in [2.05, 4.69) is 6.92 Å². The zero-order valence-corrected chi connectivity index (χ0v) is 10.2. The summed E-state index contributed by atoms with van der Waals surface area (Å²) in [6.07, 6.45) is 6.04. The van der Waals surface area contributed by atoms with Crippen LogP contribution >= 0.6 is 0 Å². The molecule has 0 saturated carbocycles. The first-order chi connectivity index (χ1) is 8.31. The Bertz CT molecular complexity index is 406. The van der Waals surface area contributed by atoms with E-state index < -0.39 is 0 Å². The molecule has 2 heteroatoms. The van der Waals surface area contributed by atoms with Gasteiger partial charge in [-0.15, -0.1) is 0 Å². The smallest absolute Gasteiger partial charge is 0.334 e. The van der Waals surface area contributed by atoms with Crippen molar-refractivity contribution in [2.45, 2.75) is 38.7 Å². The third-order valence-corrected chi connectivity index (χ3v) is 3.03. The van der Waals surface area contributed by atoms with Crippen molar-refractivity contribution in [2.24, 2.45) is 0 Å². The second-order valence-corrected chi connectivity index (χ2v) is 4.39. The first-order valence-electron chi connectivity index (χ1n) is 6.28. The zero-order valence-electron chi connectivity index (χ0n) is 10.2. The molecule has 1 aliphatic heterocycles. The number of rotatable bonds is 5. The standard InChI is InChI=1S/C15H18O2/c1-2-3-5-10-13-11-14(17-15(13)16)12-8-6-4-7-9-12/h4,6-9,11,14H,2-3,5,10H2,1H3. The Hall–Kier alpha value is -1.57. The maximum absolute atomic E-state index is 11.7. The molecule has 90 valence electrons. The van der Waals surface area contributed by atoms with Crippen LogP contribution in [0.5, 0.6) is 0 Å². The monoisotopic (exact) mass is 230 g/mol. The Balaban J connectivity index is 2.01. The maximum atomic E-state index is 11.7. The molecule has 0 saturated heterocycles. The van der Waals surface area contributed by atoms with Crippen LogP contribution in [-0.2, 0) is 9.53 Å². The molecule has 1 atom stereocenters. The predicted molar refractivity (Wildman–Crippen MR) is 67.5 cm³/mol. The van der Waals surface area contributed by atoms with Gasteiger partial charge in [0.1, 0.15) is 6.10 Å². The number of hydrogen-bond acceptors (Lipinski definition) is 2. The fourth-order valence-corrected chi connectivity index (χ4v) is 2.03. The number of carbonyl (C=O) groups is 1. The van der Waals surface area contributed by atoms with Gasteiger partial charge in [-0.05, 0) is 24.5 Å². The first-order valence-corrected chi connectivity index (χ1v) is 6.28. The van der Waals surface area contributed by atoms with E-state index in [1.165, 1.54) is 12.8 Å². The lowest BCUT2D eigenvalue weighted by Crippen LogP contribution is -2.02. The molecule has 17 heavy (non-hydrogen) atoms. The number of benzene rings is 1. The lowest BCUT2D eigenvalue weighted by atomic mass is 10.0. The quantitative estimate of drug-likeness (QED) is 0.568. The van der Waals surface area contributed by atoms with Gasteiger partial charge in [0.15, 0.2) is 0 Å². The number of unbranched alkanes of at least 4 members (excludes halogenated alkanes) is 2. The summed E-state index contributed by atoms with van der Waals surface area (Å²) in [5, 5.41) is 0. The fourth-order valence-electron chi connectivity index (χ4n) is 2.03. The van der Waals surface area contributed by atoms with Crippen LogP contribution in [0.1, 0.15) is 44.3 Å². The molecule has 1 heterocycles. The average Bonchev–Trinajstić information content (AvgIpc) is 2.73. The van der Waals surface area contributed by atoms with Gasteiger partial charge in [0.2, 0.25) is 0 Å². The van der Waals surface area contributed by atoms with Crippen LogP contribution in [0.25, 0.3) is 0 Å². The molecule has 2 nitrogen and oxygen atoms in total. The molecule has 0 spiro atoms. The summed E-state index contributed by atoms with van der Waals surface area (Å²) >= 11 is 0. The molecule has 0 amide bonds. The molecule has 0 radical (unpaired) electrons. The van der Waals surface area contributed by atoms with Crippen LogP contribution in [0.4, 0.5) is 0 Å². The lowest BCUT2D eigenvalue weighted by molar-refractivity contribution is -0.140. The molecule has 1 aromatic carbocycles. The molecule has 1 aliphatic rings. The summed E-state index contributed by atoms with van der Waals surface area (Å²) in [6, 6.07) is 9.87. The van der Waals surface area contributed by atoms with Gasteiger partial charge in [0, 0.05) is 5.57 Å². The minimum Gasteiger partial charge on any atom is -0.450 e. The number of hydrogen-bond donors (Lipinski definition) is 0. The van der Waals surface area contributed by atoms with Crippen molar-refractivity contribution in [3.05, 3.63) is 47.5 Å². The van der Waals surface area contributed by atoms with E-state index in [1.54, 1.807) is 0 Å². The minimum absolute atomic E-state index is 0.144. The molecule has 0 fully saturated rings. The van der Waals surface area contributed by atoms with Crippen molar-refractivity contribution in [3.63, 3.8) is 0 Å². The van der Waals surface area contributed by atoms with E-state index in [0.29, 0.717) is 0 Å². The van der Waals surface area contributed by atoms with Crippen LogP contribution in [0, 0.1) is 0 Å². The Kier molecular flexibility index (Phi) is 3.97. The topological polar surface area (TPSA) is 26.3 Å². The minimum atomic E-state index is -0.180. The Morgan fingerprint density at radius 3 is 2.65 bits per heavy atom. The normalized spacial score (nSPS) is 19.0. The van der Waals surface area contributed by atoms with Crippen molar-refractivity contribution < 1.29 is 9.53 Å². The SMILES string of the molecule is CCCCCC1=CC(c2ccccc2)OC1=O. The highest BCUT2D eigenvalue weighted by atomic mass is 16.5. The number of cyclic esters (lactones) is 1. The zero-order chi connectivity index (χ0) is 12.1. The van der Waals surface area contributed by atoms with E-state index >= 15 is 0 Å². The maximum Gasteiger partial charge on any atom is 0.334 e. The molecule has 0 N–H and O–H groups in total. The Morgan fingerprint density at radius 1 is 1.18 bits per heavy atom. The molecule has 0 aliphatic carbocycles. The third-order valence-electron chi connectivity index (χ3n) is 3.03. The Labute approximate surface area is 102 Å². The van der Waals surface area contributed by atoms with Gasteiger partial charge < -0.3 is 4.74 Å². The molecular weight excluding hydrogens is 212 g/mol. The van der Waals surface area contributed by atoms with Crippen LogP contribution in [-0.4, -0.2) is 5.97 Å². The van der Waals surface area contributed by atoms with Gasteiger partial charge in [-0.1, -0.05) is 50.1 Å². The first kappa shape index (κ1) is 11.9. The van der Waals surface area contributed by atoms with Gasteiger partial charge in [-0.25, -0.2) is 4.79 Å². The second-order valence-electron chi connectivity index (χ2n) is 4.39. The Morgan fingerprint density at radius 2 is 1.94 bits per heavy atom. The predicted octanol–water partition coefficient (Wildman–Crippen LogP) is 3.79. The second kappa shape index (κ2) is 5.67. The van der Waals surface area contributed by atoms with Gasteiger partial charge in [-0.3, -0.25) is 0 Å². The van der Waals surface area contributed by atoms with E-state index in [-0.39, 0.29) is 12.1 Å². The molecule has 2 rings (SSSR count). The third kappa shape index (κ3) is 2.96. The van der Waals surface area contributed by atoms with E-state index in [0.717, 1.165) is 24.0 Å². The highest BCUT2D eigenvalue weighted by Gasteiger charge is 2.25. The summed E-state index contributed by atoms with van der Waals surface area (Å²) in [5.74, 6) is -0.144. The lowest BCUT2D eigenvalue weighted by Gasteiger charge is -2.07. The van der Waals surface area contributed by atoms with E-state index in [4.69, 9.17) is 4.74 Å². The van der Waals surface area contributed by atoms with Crippen molar-refractivity contribution >= 4 is 5.97 Å². The van der Waals surface area contributed by atoms with Gasteiger partial charge in [0.25, 0.3) is 0 Å². The van der Waals surface area contributed by atoms with Crippen molar-refractivity contribution in [3.8, 4) is 0 Å². The van der Waals surface area contributed by atoms with Crippen molar-refractivity contribution in [2.75, 3.05) is 0 Å². The summed E-state index contributed by atoms with van der Waals surface area (Å²) in [6.45, 7) is 2.16. The fraction of sp³-hybridized carbons (Fsp3) is 0.400. The van der Waals surface area contributed by atoms with E-state index in [9.17, 15) is 4.79 Å². The van der Waals surface area contributed by atoms with Gasteiger partial charge in [-0.2, -0.15) is 0 Å². The molecule has 1 unspecified atom stereocenters. The van der Waals surface area contributed by atoms with Gasteiger partial charge >= 0.3 is 5.97 Å². The highest BCUT2D eigenvalue weighted by molar-refractivity contribution is 5.91. The van der Waals surface area contributed by atoms with E-state index in [1.807, 2.05) is 36.4 Å². The summed E-state index contributed by atoms with van der Waals surface area (Å²) in [4.78, 5) is 11.7. The largest absolute Gasteiger partial charge is 0.450 e. The molecule has 0 aromatic heterocycles. The average molecular weight is 230 g/mol. The summed E-state index contributed by atoms with van der Waals surface area (Å²) < 4.78 is 5.36. The molecular formula is C15H18O2. The number of esters is 1. The van der Waals surface area contributed by atoms with Crippen LogP contribution in [0.2, 0.25) is 0 Å². The molecule has 1 aromatic rings. The van der Waals surface area contributed by atoms with Gasteiger partial charge in [0.05, 0.1) is 0 Å². The van der Waals surface area contributed by atoms with Crippen molar-refractivity contribution in [1.29, 1.82) is 0 Å². The van der Waals surface area contributed by atoms with Crippen LogP contribution in [0.15, 0.2) is 42.0 Å². The number of carbonyl (C=O) groups excluding carboxylic acids is 1. The molecule has 0 bridgehead atoms. The highest BCUT2D eigenvalue weighted by Crippen LogP contribution is 2.29. The number of ether oxygens (including phenoxy) is 1. The van der Waals surface area contributed by atoms with Crippen LogP contribution < -0.4 is 0 Å². The summed E-state index contributed by atoms with van der Waals surface area (Å²) in [5.41, 5.74) is 1.89.